The smallest absolute Gasteiger partial charge is 0.256 e. The van der Waals surface area contributed by atoms with Crippen molar-refractivity contribution < 1.29 is 9.18 Å². The highest BCUT2D eigenvalue weighted by atomic mass is 35.5. The fourth-order valence-corrected chi connectivity index (χ4v) is 2.90. The third kappa shape index (κ3) is 4.00. The van der Waals surface area contributed by atoms with Gasteiger partial charge in [0, 0.05) is 32.9 Å². The van der Waals surface area contributed by atoms with E-state index < -0.39 is 11.7 Å². The molecule has 0 saturated carbocycles. The summed E-state index contributed by atoms with van der Waals surface area (Å²) in [4.78, 5) is 12.2. The molecule has 3 rings (SSSR count). The summed E-state index contributed by atoms with van der Waals surface area (Å²) in [6, 6.07) is 12.5. The van der Waals surface area contributed by atoms with E-state index in [-0.39, 0.29) is 5.56 Å². The number of halogens is 3. The van der Waals surface area contributed by atoms with Crippen LogP contribution >= 0.6 is 23.2 Å². The van der Waals surface area contributed by atoms with Crippen molar-refractivity contribution in [3.63, 3.8) is 0 Å². The number of nitrogens with one attached hydrogen (secondary N) is 1. The van der Waals surface area contributed by atoms with Crippen molar-refractivity contribution in [1.82, 2.24) is 9.78 Å². The van der Waals surface area contributed by atoms with Gasteiger partial charge in [-0.3, -0.25) is 9.48 Å². The number of carbonyl (C=O) groups excluding carboxylic acids is 1. The maximum atomic E-state index is 13.2. The average Bonchev–Trinajstić information content (AvgIpc) is 2.90. The molecular formula is C18H14Cl2FN3O. The molecule has 0 radical (unpaired) electrons. The van der Waals surface area contributed by atoms with Gasteiger partial charge in [-0.05, 0) is 37.3 Å². The van der Waals surface area contributed by atoms with Crippen LogP contribution in [0.5, 0.6) is 0 Å². The molecule has 128 valence electrons. The van der Waals surface area contributed by atoms with Crippen LogP contribution in [0.2, 0.25) is 10.0 Å². The molecule has 0 bridgehead atoms. The first-order valence-corrected chi connectivity index (χ1v) is 8.24. The maximum Gasteiger partial charge on any atom is 0.256 e. The van der Waals surface area contributed by atoms with Gasteiger partial charge in [0.25, 0.3) is 5.91 Å². The second-order valence-corrected chi connectivity index (χ2v) is 6.31. The van der Waals surface area contributed by atoms with E-state index in [4.69, 9.17) is 23.2 Å². The summed E-state index contributed by atoms with van der Waals surface area (Å²) < 4.78 is 14.9. The second kappa shape index (κ2) is 7.25. The SMILES string of the molecule is Cc1cc(NC(=O)c2cccc(F)c2)nn1Cc1c(Cl)cccc1Cl. The number of aromatic nitrogens is 2. The largest absolute Gasteiger partial charge is 0.305 e. The Morgan fingerprint density at radius 3 is 2.52 bits per heavy atom. The number of nitrogens with zero attached hydrogens (tertiary/aromatic N) is 2. The molecular weight excluding hydrogens is 364 g/mol. The van der Waals surface area contributed by atoms with E-state index in [2.05, 4.69) is 10.4 Å². The third-order valence-corrected chi connectivity index (χ3v) is 4.39. The molecule has 4 nitrogen and oxygen atoms in total. The van der Waals surface area contributed by atoms with Crippen LogP contribution in [-0.4, -0.2) is 15.7 Å². The molecule has 25 heavy (non-hydrogen) atoms. The van der Waals surface area contributed by atoms with Crippen molar-refractivity contribution in [3.05, 3.63) is 81.2 Å². The fourth-order valence-electron chi connectivity index (χ4n) is 2.38. The molecule has 0 atom stereocenters. The number of aryl methyl sites for hydroxylation is 1. The van der Waals surface area contributed by atoms with Crippen molar-refractivity contribution in [2.45, 2.75) is 13.5 Å². The summed E-state index contributed by atoms with van der Waals surface area (Å²) in [5.41, 5.74) is 1.80. The highest BCUT2D eigenvalue weighted by Crippen LogP contribution is 2.25. The molecule has 1 N–H and O–H groups in total. The van der Waals surface area contributed by atoms with Gasteiger partial charge in [0.2, 0.25) is 0 Å². The van der Waals surface area contributed by atoms with Crippen molar-refractivity contribution >= 4 is 34.9 Å². The summed E-state index contributed by atoms with van der Waals surface area (Å²) in [5.74, 6) is -0.530. The second-order valence-electron chi connectivity index (χ2n) is 5.49. The Bertz CT molecular complexity index is 920. The van der Waals surface area contributed by atoms with Crippen molar-refractivity contribution in [3.8, 4) is 0 Å². The lowest BCUT2D eigenvalue weighted by Gasteiger charge is -2.08. The van der Waals surface area contributed by atoms with Crippen LogP contribution in [0, 0.1) is 12.7 Å². The maximum absolute atomic E-state index is 13.2. The number of carbonyl (C=O) groups is 1. The predicted octanol–water partition coefficient (Wildman–Crippen LogP) is 4.94. The van der Waals surface area contributed by atoms with Crippen molar-refractivity contribution in [1.29, 1.82) is 0 Å². The summed E-state index contributed by atoms with van der Waals surface area (Å²) in [6.07, 6.45) is 0. The molecule has 1 amide bonds. The van der Waals surface area contributed by atoms with E-state index in [1.165, 1.54) is 24.3 Å². The van der Waals surface area contributed by atoms with E-state index in [9.17, 15) is 9.18 Å². The zero-order chi connectivity index (χ0) is 18.0. The van der Waals surface area contributed by atoms with Gasteiger partial charge in [-0.15, -0.1) is 0 Å². The highest BCUT2D eigenvalue weighted by Gasteiger charge is 2.13. The van der Waals surface area contributed by atoms with Crippen LogP contribution in [0.1, 0.15) is 21.6 Å². The highest BCUT2D eigenvalue weighted by molar-refractivity contribution is 6.35. The van der Waals surface area contributed by atoms with E-state index in [1.54, 1.807) is 28.9 Å². The number of amides is 1. The Kier molecular flexibility index (Phi) is 5.06. The Morgan fingerprint density at radius 1 is 1.16 bits per heavy atom. The van der Waals surface area contributed by atoms with Crippen LogP contribution in [0.15, 0.2) is 48.5 Å². The van der Waals surface area contributed by atoms with Crippen molar-refractivity contribution in [2.75, 3.05) is 5.32 Å². The van der Waals surface area contributed by atoms with Crippen LogP contribution in [0.3, 0.4) is 0 Å². The average molecular weight is 378 g/mol. The van der Waals surface area contributed by atoms with Gasteiger partial charge in [0.1, 0.15) is 5.82 Å². The first kappa shape index (κ1) is 17.5. The summed E-state index contributed by atoms with van der Waals surface area (Å²) >= 11 is 12.4. The van der Waals surface area contributed by atoms with Gasteiger partial charge in [0.05, 0.1) is 6.54 Å². The number of anilines is 1. The molecule has 1 aromatic heterocycles. The van der Waals surface area contributed by atoms with Crippen LogP contribution in [-0.2, 0) is 6.54 Å². The molecule has 0 spiro atoms. The van der Waals surface area contributed by atoms with Crippen LogP contribution in [0.4, 0.5) is 10.2 Å². The minimum Gasteiger partial charge on any atom is -0.305 e. The molecule has 0 aliphatic rings. The Labute approximate surface area is 154 Å². The first-order chi connectivity index (χ1) is 11.9. The molecule has 0 aliphatic heterocycles. The Balaban J connectivity index is 1.80. The molecule has 2 aromatic carbocycles. The lowest BCUT2D eigenvalue weighted by molar-refractivity contribution is 0.102. The molecule has 0 unspecified atom stereocenters. The van der Waals surface area contributed by atoms with Crippen LogP contribution < -0.4 is 5.32 Å². The molecule has 3 aromatic rings. The summed E-state index contributed by atoms with van der Waals surface area (Å²) in [6.45, 7) is 2.23. The normalized spacial score (nSPS) is 10.7. The minimum absolute atomic E-state index is 0.223. The predicted molar refractivity (Wildman–Crippen MR) is 96.9 cm³/mol. The number of rotatable bonds is 4. The zero-order valence-corrected chi connectivity index (χ0v) is 14.8. The molecule has 0 aliphatic carbocycles. The molecule has 7 heteroatoms. The summed E-state index contributed by atoms with van der Waals surface area (Å²) in [5, 5.41) is 8.10. The zero-order valence-electron chi connectivity index (χ0n) is 13.3. The fraction of sp³-hybridized carbons (Fsp3) is 0.111. The number of hydrogen-bond acceptors (Lipinski definition) is 2. The lowest BCUT2D eigenvalue weighted by Crippen LogP contribution is -2.13. The number of hydrogen-bond donors (Lipinski definition) is 1. The van der Waals surface area contributed by atoms with Gasteiger partial charge < -0.3 is 5.32 Å². The van der Waals surface area contributed by atoms with E-state index in [0.29, 0.717) is 22.4 Å². The lowest BCUT2D eigenvalue weighted by atomic mass is 10.2. The third-order valence-electron chi connectivity index (χ3n) is 3.68. The molecule has 0 fully saturated rings. The van der Waals surface area contributed by atoms with E-state index in [0.717, 1.165) is 11.3 Å². The van der Waals surface area contributed by atoms with Crippen molar-refractivity contribution in [2.24, 2.45) is 0 Å². The van der Waals surface area contributed by atoms with Gasteiger partial charge in [-0.2, -0.15) is 5.10 Å². The molecule has 0 saturated heterocycles. The first-order valence-electron chi connectivity index (χ1n) is 7.48. The van der Waals surface area contributed by atoms with E-state index >= 15 is 0 Å². The van der Waals surface area contributed by atoms with Crippen LogP contribution in [0.25, 0.3) is 0 Å². The van der Waals surface area contributed by atoms with Gasteiger partial charge >= 0.3 is 0 Å². The summed E-state index contributed by atoms with van der Waals surface area (Å²) in [7, 11) is 0. The monoisotopic (exact) mass is 377 g/mol. The standard InChI is InChI=1S/C18H14Cl2FN3O/c1-11-8-17(22-18(25)12-4-2-5-13(21)9-12)23-24(11)10-14-15(19)6-3-7-16(14)20/h2-9H,10H2,1H3,(H,22,23,25). The Morgan fingerprint density at radius 2 is 1.84 bits per heavy atom. The quantitative estimate of drug-likeness (QED) is 0.699. The molecule has 1 heterocycles. The van der Waals surface area contributed by atoms with Gasteiger partial charge in [-0.1, -0.05) is 35.3 Å². The van der Waals surface area contributed by atoms with Gasteiger partial charge in [-0.25, -0.2) is 4.39 Å². The Hall–Kier alpha value is -2.37. The topological polar surface area (TPSA) is 46.9 Å². The van der Waals surface area contributed by atoms with E-state index in [1.807, 2.05) is 6.92 Å². The van der Waals surface area contributed by atoms with Gasteiger partial charge in [0.15, 0.2) is 5.82 Å². The minimum atomic E-state index is -0.470. The number of benzene rings is 2.